The van der Waals surface area contributed by atoms with Crippen LogP contribution in [0.5, 0.6) is 0 Å². The maximum atomic E-state index is 10.7. The molecule has 1 aromatic carbocycles. The summed E-state index contributed by atoms with van der Waals surface area (Å²) in [6.45, 7) is 0.657. The highest BCUT2D eigenvalue weighted by atomic mass is 16.2. The lowest BCUT2D eigenvalue weighted by Crippen LogP contribution is -2.32. The molecule has 3 nitrogen and oxygen atoms in total. The molecule has 0 fully saturated rings. The first-order valence-electron chi connectivity index (χ1n) is 4.59. The molecule has 2 N–H and O–H groups in total. The van der Waals surface area contributed by atoms with E-state index in [4.69, 9.17) is 5.73 Å². The number of hydrogen-bond acceptors (Lipinski definition) is 1. The highest BCUT2D eigenvalue weighted by Gasteiger charge is 2.01. The van der Waals surface area contributed by atoms with E-state index in [0.29, 0.717) is 6.54 Å². The number of carbonyl (C=O) groups excluding carboxylic acids is 1. The van der Waals surface area contributed by atoms with Gasteiger partial charge in [0.05, 0.1) is 0 Å². The van der Waals surface area contributed by atoms with E-state index < -0.39 is 0 Å². The number of urea groups is 1. The predicted molar refractivity (Wildman–Crippen MR) is 56.7 cm³/mol. The van der Waals surface area contributed by atoms with Gasteiger partial charge < -0.3 is 10.6 Å². The molecule has 0 bridgehead atoms. The average Bonchev–Trinajstić information content (AvgIpc) is 2.19. The van der Waals surface area contributed by atoms with Crippen LogP contribution in [0.15, 0.2) is 30.3 Å². The van der Waals surface area contributed by atoms with E-state index in [2.05, 4.69) is 6.42 Å². The van der Waals surface area contributed by atoms with E-state index in [9.17, 15) is 4.79 Å². The van der Waals surface area contributed by atoms with E-state index >= 15 is 0 Å². The summed E-state index contributed by atoms with van der Waals surface area (Å²) < 4.78 is 0. The highest BCUT2D eigenvalue weighted by Crippen LogP contribution is 2.04. The topological polar surface area (TPSA) is 46.3 Å². The summed E-state index contributed by atoms with van der Waals surface area (Å²) in [6, 6.07) is 9.64. The molecule has 0 aliphatic heterocycles. The fraction of sp³-hybridized carbons (Fsp3) is 0.273. The SMILES string of the molecule is CN(CC[CH]c1ccccc1)C(N)=O. The monoisotopic (exact) mass is 191 g/mol. The van der Waals surface area contributed by atoms with E-state index in [-0.39, 0.29) is 6.03 Å². The molecule has 14 heavy (non-hydrogen) atoms. The van der Waals surface area contributed by atoms with Crippen molar-refractivity contribution in [3.05, 3.63) is 42.3 Å². The lowest BCUT2D eigenvalue weighted by molar-refractivity contribution is 0.219. The molecule has 0 aromatic heterocycles. The van der Waals surface area contributed by atoms with Crippen LogP contribution in [0.3, 0.4) is 0 Å². The third-order valence-corrected chi connectivity index (χ3v) is 2.02. The summed E-state index contributed by atoms with van der Waals surface area (Å²) in [5, 5.41) is 0. The van der Waals surface area contributed by atoms with Gasteiger partial charge in [0.2, 0.25) is 0 Å². The van der Waals surface area contributed by atoms with Gasteiger partial charge in [0.1, 0.15) is 0 Å². The minimum atomic E-state index is -0.383. The molecule has 2 amide bonds. The van der Waals surface area contributed by atoms with Gasteiger partial charge in [0.25, 0.3) is 0 Å². The van der Waals surface area contributed by atoms with Crippen LogP contribution < -0.4 is 5.73 Å². The number of amides is 2. The summed E-state index contributed by atoms with van der Waals surface area (Å²) in [5.41, 5.74) is 6.26. The normalized spacial score (nSPS) is 9.79. The zero-order chi connectivity index (χ0) is 10.4. The quantitative estimate of drug-likeness (QED) is 0.772. The standard InChI is InChI=1S/C11H15N2O/c1-13(11(12)14)9-5-8-10-6-3-2-4-7-10/h2-4,6-8H,5,9H2,1H3,(H2,12,14). The Bertz CT molecular complexity index is 285. The van der Waals surface area contributed by atoms with Gasteiger partial charge in [0.15, 0.2) is 0 Å². The van der Waals surface area contributed by atoms with Crippen LogP contribution in [0.25, 0.3) is 0 Å². The molecule has 0 saturated carbocycles. The Morgan fingerprint density at radius 2 is 2.07 bits per heavy atom. The molecule has 1 rings (SSSR count). The van der Waals surface area contributed by atoms with Crippen molar-refractivity contribution in [1.82, 2.24) is 4.90 Å². The Balaban J connectivity index is 2.26. The molecule has 1 radical (unpaired) electrons. The van der Waals surface area contributed by atoms with Gasteiger partial charge in [0, 0.05) is 13.6 Å². The van der Waals surface area contributed by atoms with Crippen LogP contribution in [0.4, 0.5) is 4.79 Å². The van der Waals surface area contributed by atoms with Crippen LogP contribution >= 0.6 is 0 Å². The molecule has 0 aliphatic rings. The Kier molecular flexibility index (Phi) is 3.98. The fourth-order valence-corrected chi connectivity index (χ4v) is 1.12. The average molecular weight is 191 g/mol. The smallest absolute Gasteiger partial charge is 0.314 e. The molecule has 1 aromatic rings. The molecule has 0 atom stereocenters. The van der Waals surface area contributed by atoms with E-state index in [1.54, 1.807) is 7.05 Å². The molecule has 75 valence electrons. The number of nitrogens with two attached hydrogens (primary N) is 1. The zero-order valence-electron chi connectivity index (χ0n) is 8.31. The third kappa shape index (κ3) is 3.47. The third-order valence-electron chi connectivity index (χ3n) is 2.02. The van der Waals surface area contributed by atoms with Crippen molar-refractivity contribution in [3.63, 3.8) is 0 Å². The largest absolute Gasteiger partial charge is 0.351 e. The predicted octanol–water partition coefficient (Wildman–Crippen LogP) is 1.64. The molecule has 0 heterocycles. The van der Waals surface area contributed by atoms with Gasteiger partial charge >= 0.3 is 6.03 Å². The first-order chi connectivity index (χ1) is 6.70. The van der Waals surface area contributed by atoms with Crippen molar-refractivity contribution in [3.8, 4) is 0 Å². The van der Waals surface area contributed by atoms with Gasteiger partial charge in [-0.05, 0) is 18.4 Å². The van der Waals surface area contributed by atoms with Crippen LogP contribution in [0, 0.1) is 6.42 Å². The van der Waals surface area contributed by atoms with Crippen molar-refractivity contribution in [1.29, 1.82) is 0 Å². The second-order valence-corrected chi connectivity index (χ2v) is 3.16. The number of benzene rings is 1. The van der Waals surface area contributed by atoms with Crippen LogP contribution in [0.1, 0.15) is 12.0 Å². The number of nitrogens with zero attached hydrogens (tertiary/aromatic N) is 1. The number of rotatable bonds is 4. The summed E-state index contributed by atoms with van der Waals surface area (Å²) >= 11 is 0. The van der Waals surface area contributed by atoms with Crippen LogP contribution in [-0.2, 0) is 0 Å². The lowest BCUT2D eigenvalue weighted by atomic mass is 10.1. The van der Waals surface area contributed by atoms with Crippen LogP contribution in [0.2, 0.25) is 0 Å². The van der Waals surface area contributed by atoms with E-state index in [1.165, 1.54) is 10.5 Å². The molecule has 3 heteroatoms. The molecule has 0 saturated heterocycles. The number of primary amides is 1. The van der Waals surface area contributed by atoms with Crippen molar-refractivity contribution in [2.24, 2.45) is 5.73 Å². The molecule has 0 spiro atoms. The number of carbonyl (C=O) groups is 1. The van der Waals surface area contributed by atoms with E-state index in [1.807, 2.05) is 30.3 Å². The summed E-state index contributed by atoms with van der Waals surface area (Å²) in [4.78, 5) is 12.2. The van der Waals surface area contributed by atoms with Crippen molar-refractivity contribution >= 4 is 6.03 Å². The minimum Gasteiger partial charge on any atom is -0.351 e. The van der Waals surface area contributed by atoms with Gasteiger partial charge in [-0.2, -0.15) is 0 Å². The second kappa shape index (κ2) is 5.27. The van der Waals surface area contributed by atoms with Gasteiger partial charge in [-0.25, -0.2) is 4.79 Å². The molecule has 0 aliphatic carbocycles. The van der Waals surface area contributed by atoms with Crippen molar-refractivity contribution < 1.29 is 4.79 Å². The van der Waals surface area contributed by atoms with Crippen LogP contribution in [-0.4, -0.2) is 24.5 Å². The van der Waals surface area contributed by atoms with E-state index in [0.717, 1.165) is 6.42 Å². The molecule has 0 unspecified atom stereocenters. The fourth-order valence-electron chi connectivity index (χ4n) is 1.12. The van der Waals surface area contributed by atoms with Crippen molar-refractivity contribution in [2.75, 3.05) is 13.6 Å². The Hall–Kier alpha value is -1.51. The van der Waals surface area contributed by atoms with Gasteiger partial charge in [-0.1, -0.05) is 30.3 Å². The summed E-state index contributed by atoms with van der Waals surface area (Å²) in [7, 11) is 1.70. The summed E-state index contributed by atoms with van der Waals surface area (Å²) in [5.74, 6) is 0. The second-order valence-electron chi connectivity index (χ2n) is 3.16. The lowest BCUT2D eigenvalue weighted by Gasteiger charge is -2.13. The number of hydrogen-bond donors (Lipinski definition) is 1. The Morgan fingerprint density at radius 3 is 2.64 bits per heavy atom. The first-order valence-corrected chi connectivity index (χ1v) is 4.59. The van der Waals surface area contributed by atoms with Gasteiger partial charge in [-0.3, -0.25) is 0 Å². The van der Waals surface area contributed by atoms with Crippen molar-refractivity contribution in [2.45, 2.75) is 6.42 Å². The maximum absolute atomic E-state index is 10.7. The first kappa shape index (κ1) is 10.6. The Morgan fingerprint density at radius 1 is 1.43 bits per heavy atom. The minimum absolute atomic E-state index is 0.383. The summed E-state index contributed by atoms with van der Waals surface area (Å²) in [6.07, 6.45) is 2.91. The highest BCUT2D eigenvalue weighted by molar-refractivity contribution is 5.71. The van der Waals surface area contributed by atoms with Gasteiger partial charge in [-0.15, -0.1) is 0 Å². The molecular weight excluding hydrogens is 176 g/mol. The maximum Gasteiger partial charge on any atom is 0.314 e. The Labute approximate surface area is 84.5 Å². The zero-order valence-corrected chi connectivity index (χ0v) is 8.31. The molecular formula is C11H15N2O.